The number of ether oxygens (including phenoxy) is 1. The van der Waals surface area contributed by atoms with Gasteiger partial charge in [-0.2, -0.15) is 4.72 Å². The molecule has 20 heavy (non-hydrogen) atoms. The van der Waals surface area contributed by atoms with E-state index in [0.29, 0.717) is 6.42 Å². The van der Waals surface area contributed by atoms with Crippen molar-refractivity contribution in [3.63, 3.8) is 0 Å². The fraction of sp³-hybridized carbons (Fsp3) is 0.462. The topological polar surface area (TPSA) is 72.5 Å². The molecule has 0 bridgehead atoms. The molecule has 0 amide bonds. The van der Waals surface area contributed by atoms with Gasteiger partial charge in [-0.15, -0.1) is 0 Å². The molecule has 1 N–H and O–H groups in total. The predicted molar refractivity (Wildman–Crippen MR) is 72.0 cm³/mol. The second-order valence-corrected chi connectivity index (χ2v) is 6.50. The van der Waals surface area contributed by atoms with Crippen LogP contribution >= 0.6 is 0 Å². The number of carbonyl (C=O) groups is 1. The van der Waals surface area contributed by atoms with Gasteiger partial charge < -0.3 is 4.74 Å². The van der Waals surface area contributed by atoms with E-state index >= 15 is 0 Å². The van der Waals surface area contributed by atoms with Crippen molar-refractivity contribution in [3.8, 4) is 0 Å². The van der Waals surface area contributed by atoms with E-state index in [2.05, 4.69) is 9.46 Å². The third-order valence-electron chi connectivity index (χ3n) is 2.60. The first-order chi connectivity index (χ1) is 9.26. The van der Waals surface area contributed by atoms with E-state index in [4.69, 9.17) is 0 Å². The molecule has 0 fully saturated rings. The highest BCUT2D eigenvalue weighted by molar-refractivity contribution is 7.89. The molecule has 112 valence electrons. The summed E-state index contributed by atoms with van der Waals surface area (Å²) in [5.74, 6) is -1.24. The quantitative estimate of drug-likeness (QED) is 0.812. The van der Waals surface area contributed by atoms with Crippen molar-refractivity contribution >= 4 is 16.0 Å². The third-order valence-corrected chi connectivity index (χ3v) is 4.07. The zero-order valence-electron chi connectivity index (χ0n) is 11.6. The minimum atomic E-state index is -3.97. The molecule has 0 aliphatic heterocycles. The monoisotopic (exact) mass is 303 g/mol. The predicted octanol–water partition coefficient (Wildman–Crippen LogP) is 1.69. The van der Waals surface area contributed by atoms with E-state index in [-0.39, 0.29) is 10.8 Å². The molecule has 0 radical (unpaired) electrons. The molecule has 0 aliphatic rings. The number of sulfonamides is 1. The van der Waals surface area contributed by atoms with Crippen LogP contribution in [0.15, 0.2) is 29.2 Å². The van der Waals surface area contributed by atoms with E-state index in [9.17, 15) is 17.6 Å². The van der Waals surface area contributed by atoms with E-state index in [0.717, 1.165) is 12.1 Å². The largest absolute Gasteiger partial charge is 0.468 e. The van der Waals surface area contributed by atoms with Gasteiger partial charge in [-0.25, -0.2) is 12.8 Å². The number of benzene rings is 1. The van der Waals surface area contributed by atoms with Gasteiger partial charge in [0.2, 0.25) is 10.0 Å². The molecule has 1 unspecified atom stereocenters. The van der Waals surface area contributed by atoms with Crippen LogP contribution in [0, 0.1) is 11.7 Å². The molecule has 0 spiro atoms. The summed E-state index contributed by atoms with van der Waals surface area (Å²) in [6.45, 7) is 3.71. The highest BCUT2D eigenvalue weighted by atomic mass is 32.2. The van der Waals surface area contributed by atoms with Crippen LogP contribution in [0.25, 0.3) is 0 Å². The summed E-state index contributed by atoms with van der Waals surface area (Å²) in [6, 6.07) is 3.60. The molecular weight excluding hydrogens is 285 g/mol. The Labute approximate surface area is 118 Å². The summed E-state index contributed by atoms with van der Waals surface area (Å²) in [6.07, 6.45) is 0.293. The van der Waals surface area contributed by atoms with Crippen LogP contribution in [0.5, 0.6) is 0 Å². The minimum Gasteiger partial charge on any atom is -0.468 e. The van der Waals surface area contributed by atoms with Crippen LogP contribution < -0.4 is 4.72 Å². The molecule has 0 saturated heterocycles. The number of esters is 1. The van der Waals surface area contributed by atoms with Crippen LogP contribution in [0.1, 0.15) is 20.3 Å². The van der Waals surface area contributed by atoms with Gasteiger partial charge in [0.25, 0.3) is 0 Å². The highest BCUT2D eigenvalue weighted by Gasteiger charge is 2.27. The summed E-state index contributed by atoms with van der Waals surface area (Å²) in [7, 11) is -2.79. The number of rotatable bonds is 6. The van der Waals surface area contributed by atoms with Gasteiger partial charge in [0.15, 0.2) is 0 Å². The summed E-state index contributed by atoms with van der Waals surface area (Å²) in [5.41, 5.74) is 0. The van der Waals surface area contributed by atoms with Gasteiger partial charge in [0.1, 0.15) is 11.9 Å². The molecule has 1 aromatic rings. The van der Waals surface area contributed by atoms with E-state index < -0.39 is 27.9 Å². The Morgan fingerprint density at radius 2 is 2.05 bits per heavy atom. The Balaban J connectivity index is 2.99. The maximum atomic E-state index is 13.1. The molecule has 0 heterocycles. The Hall–Kier alpha value is -1.47. The van der Waals surface area contributed by atoms with Crippen molar-refractivity contribution < 1.29 is 22.3 Å². The van der Waals surface area contributed by atoms with Gasteiger partial charge in [-0.3, -0.25) is 4.79 Å². The normalized spacial score (nSPS) is 13.2. The van der Waals surface area contributed by atoms with Crippen molar-refractivity contribution in [2.45, 2.75) is 31.2 Å². The highest BCUT2D eigenvalue weighted by Crippen LogP contribution is 2.14. The lowest BCUT2D eigenvalue weighted by atomic mass is 10.1. The Bertz CT molecular complexity index is 571. The Kier molecular flexibility index (Phi) is 5.64. The van der Waals surface area contributed by atoms with E-state index in [1.165, 1.54) is 19.2 Å². The lowest BCUT2D eigenvalue weighted by Crippen LogP contribution is -2.42. The van der Waals surface area contributed by atoms with Gasteiger partial charge in [-0.05, 0) is 30.5 Å². The SMILES string of the molecule is COC(=O)C(CC(C)C)NS(=O)(=O)c1cccc(F)c1. The lowest BCUT2D eigenvalue weighted by molar-refractivity contribution is -0.143. The first kappa shape index (κ1) is 16.6. The molecule has 1 rings (SSSR count). The Morgan fingerprint density at radius 3 is 2.55 bits per heavy atom. The average Bonchev–Trinajstić information content (AvgIpc) is 2.36. The number of hydrogen-bond acceptors (Lipinski definition) is 4. The van der Waals surface area contributed by atoms with Crippen LogP contribution in [-0.4, -0.2) is 27.5 Å². The van der Waals surface area contributed by atoms with E-state index in [1.54, 1.807) is 0 Å². The molecule has 0 aliphatic carbocycles. The average molecular weight is 303 g/mol. The zero-order valence-corrected chi connectivity index (χ0v) is 12.4. The van der Waals surface area contributed by atoms with Crippen LogP contribution in [0.4, 0.5) is 4.39 Å². The van der Waals surface area contributed by atoms with Gasteiger partial charge in [0.05, 0.1) is 12.0 Å². The fourth-order valence-electron chi connectivity index (χ4n) is 1.70. The smallest absolute Gasteiger partial charge is 0.323 e. The summed E-state index contributed by atoms with van der Waals surface area (Å²) >= 11 is 0. The van der Waals surface area contributed by atoms with E-state index in [1.807, 2.05) is 13.8 Å². The zero-order chi connectivity index (χ0) is 15.3. The van der Waals surface area contributed by atoms with Crippen molar-refractivity contribution in [2.75, 3.05) is 7.11 Å². The second-order valence-electron chi connectivity index (χ2n) is 4.78. The van der Waals surface area contributed by atoms with Gasteiger partial charge in [0, 0.05) is 0 Å². The Morgan fingerprint density at radius 1 is 1.40 bits per heavy atom. The van der Waals surface area contributed by atoms with Crippen molar-refractivity contribution in [1.29, 1.82) is 0 Å². The number of nitrogens with one attached hydrogen (secondary N) is 1. The summed E-state index contributed by atoms with van der Waals surface area (Å²) < 4.78 is 44.1. The maximum Gasteiger partial charge on any atom is 0.323 e. The molecule has 1 atom stereocenters. The standard InChI is InChI=1S/C13H18FNO4S/c1-9(2)7-12(13(16)19-3)15-20(17,18)11-6-4-5-10(14)8-11/h4-6,8-9,12,15H,7H2,1-3H3. The number of methoxy groups -OCH3 is 1. The van der Waals surface area contributed by atoms with Crippen molar-refractivity contribution in [3.05, 3.63) is 30.1 Å². The molecule has 1 aromatic carbocycles. The molecule has 0 aromatic heterocycles. The summed E-state index contributed by atoms with van der Waals surface area (Å²) in [5, 5.41) is 0. The lowest BCUT2D eigenvalue weighted by Gasteiger charge is -2.18. The van der Waals surface area contributed by atoms with Gasteiger partial charge in [-0.1, -0.05) is 19.9 Å². The third kappa shape index (κ3) is 4.57. The first-order valence-corrected chi connectivity index (χ1v) is 7.60. The number of carbonyl (C=O) groups excluding carboxylic acids is 1. The van der Waals surface area contributed by atoms with Crippen LogP contribution in [-0.2, 0) is 19.6 Å². The fourth-order valence-corrected chi connectivity index (χ4v) is 2.92. The molecule has 0 saturated carbocycles. The van der Waals surface area contributed by atoms with Crippen molar-refractivity contribution in [2.24, 2.45) is 5.92 Å². The summed E-state index contributed by atoms with van der Waals surface area (Å²) in [4.78, 5) is 11.4. The molecular formula is C13H18FNO4S. The molecule has 7 heteroatoms. The first-order valence-electron chi connectivity index (χ1n) is 6.12. The second kappa shape index (κ2) is 6.81. The van der Waals surface area contributed by atoms with Crippen LogP contribution in [0.2, 0.25) is 0 Å². The minimum absolute atomic E-state index is 0.0920. The van der Waals surface area contributed by atoms with Crippen LogP contribution in [0.3, 0.4) is 0 Å². The number of halogens is 1. The van der Waals surface area contributed by atoms with Crippen molar-refractivity contribution in [1.82, 2.24) is 4.72 Å². The number of hydrogen-bond donors (Lipinski definition) is 1. The molecule has 5 nitrogen and oxygen atoms in total. The maximum absolute atomic E-state index is 13.1. The van der Waals surface area contributed by atoms with Gasteiger partial charge >= 0.3 is 5.97 Å².